The summed E-state index contributed by atoms with van der Waals surface area (Å²) in [5, 5.41) is 3.96. The number of pyridine rings is 2. The average Bonchev–Trinajstić information content (AvgIpc) is 3.42. The van der Waals surface area contributed by atoms with Crippen LogP contribution in [0.3, 0.4) is 0 Å². The van der Waals surface area contributed by atoms with Crippen molar-refractivity contribution < 1.29 is 31.2 Å². The first-order chi connectivity index (χ1) is 18.7. The van der Waals surface area contributed by atoms with Crippen molar-refractivity contribution in [2.75, 3.05) is 11.8 Å². The number of nitrogens with zero attached hydrogens (tertiary/aromatic N) is 3. The average molecular weight is 575 g/mol. The lowest BCUT2D eigenvalue weighted by Gasteiger charge is -2.16. The molecule has 0 aliphatic rings. The van der Waals surface area contributed by atoms with Gasteiger partial charge in [-0.05, 0) is 48.0 Å². The molecule has 0 fully saturated rings. The van der Waals surface area contributed by atoms with Crippen LogP contribution in [-0.2, 0) is 16.6 Å². The topological polar surface area (TPSA) is 126 Å². The molecule has 2 aromatic carbocycles. The van der Waals surface area contributed by atoms with Gasteiger partial charge in [0.25, 0.3) is 15.6 Å². The lowest BCUT2D eigenvalue weighted by molar-refractivity contribution is 0.286. The van der Waals surface area contributed by atoms with Crippen LogP contribution in [-0.4, -0.2) is 30.2 Å². The van der Waals surface area contributed by atoms with E-state index in [9.17, 15) is 22.0 Å². The molecule has 14 heteroatoms. The van der Waals surface area contributed by atoms with Crippen LogP contribution in [0.4, 0.5) is 14.6 Å². The second-order valence-electron chi connectivity index (χ2n) is 8.06. The Bertz CT molecular complexity index is 1860. The van der Waals surface area contributed by atoms with E-state index in [1.165, 1.54) is 66.5 Å². The summed E-state index contributed by atoms with van der Waals surface area (Å²) in [4.78, 5) is 17.1. The van der Waals surface area contributed by atoms with Crippen molar-refractivity contribution in [3.05, 3.63) is 99.5 Å². The quantitative estimate of drug-likeness (QED) is 0.283. The lowest BCUT2D eigenvalue weighted by atomic mass is 10.2. The fourth-order valence-electron chi connectivity index (χ4n) is 3.74. The number of rotatable bonds is 8. The third-order valence-corrected chi connectivity index (χ3v) is 7.16. The Kier molecular flexibility index (Phi) is 6.93. The molecule has 0 atom stereocenters. The van der Waals surface area contributed by atoms with E-state index in [2.05, 4.69) is 19.4 Å². The zero-order valence-corrected chi connectivity index (χ0v) is 21.5. The number of benzene rings is 2. The van der Waals surface area contributed by atoms with Crippen LogP contribution < -0.4 is 19.8 Å². The van der Waals surface area contributed by atoms with E-state index in [1.807, 2.05) is 0 Å². The molecule has 0 saturated heterocycles. The minimum absolute atomic E-state index is 0.00768. The highest BCUT2D eigenvalue weighted by Gasteiger charge is 2.20. The second kappa shape index (κ2) is 10.3. The first kappa shape index (κ1) is 26.1. The minimum atomic E-state index is -4.00. The number of aromatic nitrogens is 3. The third kappa shape index (κ3) is 5.26. The van der Waals surface area contributed by atoms with E-state index < -0.39 is 27.2 Å². The van der Waals surface area contributed by atoms with Crippen LogP contribution in [0.1, 0.15) is 5.56 Å². The number of hydrogen-bond acceptors (Lipinski definition) is 8. The van der Waals surface area contributed by atoms with Gasteiger partial charge in [0.1, 0.15) is 23.6 Å². The molecule has 0 saturated carbocycles. The number of fused-ring (bicyclic) bond motifs is 1. The van der Waals surface area contributed by atoms with E-state index in [0.29, 0.717) is 16.5 Å². The molecule has 0 radical (unpaired) electrons. The van der Waals surface area contributed by atoms with Crippen molar-refractivity contribution in [1.82, 2.24) is 14.7 Å². The summed E-state index contributed by atoms with van der Waals surface area (Å²) in [5.74, 6) is -2.10. The van der Waals surface area contributed by atoms with Gasteiger partial charge in [0.2, 0.25) is 11.8 Å². The highest BCUT2D eigenvalue weighted by Crippen LogP contribution is 2.33. The fourth-order valence-corrected chi connectivity index (χ4v) is 4.97. The van der Waals surface area contributed by atoms with Crippen LogP contribution >= 0.6 is 11.6 Å². The van der Waals surface area contributed by atoms with Gasteiger partial charge in [-0.1, -0.05) is 22.8 Å². The molecule has 5 aromatic rings. The first-order valence-electron chi connectivity index (χ1n) is 11.1. The van der Waals surface area contributed by atoms with Crippen LogP contribution in [0.5, 0.6) is 11.8 Å². The predicted octanol–water partition coefficient (Wildman–Crippen LogP) is 4.69. The summed E-state index contributed by atoms with van der Waals surface area (Å²) in [6.45, 7) is -0.166. The molecule has 0 bridgehead atoms. The van der Waals surface area contributed by atoms with Gasteiger partial charge in [-0.25, -0.2) is 17.2 Å². The number of methoxy groups -OCH3 is 1. The monoisotopic (exact) mass is 574 g/mol. The Morgan fingerprint density at radius 1 is 1.03 bits per heavy atom. The van der Waals surface area contributed by atoms with Gasteiger partial charge < -0.3 is 14.0 Å². The van der Waals surface area contributed by atoms with Crippen LogP contribution in [0.25, 0.3) is 16.6 Å². The van der Waals surface area contributed by atoms with Gasteiger partial charge in [0.15, 0.2) is 17.5 Å². The Morgan fingerprint density at radius 2 is 1.85 bits per heavy atom. The van der Waals surface area contributed by atoms with Crippen LogP contribution in [0, 0.1) is 11.6 Å². The summed E-state index contributed by atoms with van der Waals surface area (Å²) < 4.78 is 71.5. The van der Waals surface area contributed by atoms with Crippen molar-refractivity contribution in [1.29, 1.82) is 0 Å². The molecular weight excluding hydrogens is 558 g/mol. The fraction of sp³-hybridized carbons (Fsp3) is 0.0800. The third-order valence-electron chi connectivity index (χ3n) is 5.54. The summed E-state index contributed by atoms with van der Waals surface area (Å²) in [5.41, 5.74) is 0.374. The molecule has 0 spiro atoms. The molecule has 1 N–H and O–H groups in total. The molecule has 0 aliphatic carbocycles. The van der Waals surface area contributed by atoms with E-state index >= 15 is 0 Å². The van der Waals surface area contributed by atoms with E-state index in [4.69, 9.17) is 21.1 Å². The maximum Gasteiger partial charge on any atom is 0.263 e. The number of halogens is 3. The molecule has 5 rings (SSSR count). The standard InChI is InChI=1S/C25H17ClF2N4O6S/c1-36-25-21(12-17(26)24(29-25)37-13-14-2-5-18(27)19(28)10-14)32-20-6-4-16(11-15(20)3-7-23(32)33)39(34,35)31-22-8-9-38-30-22/h2-12H,13H2,1H3,(H,30,31). The van der Waals surface area contributed by atoms with Crippen molar-refractivity contribution in [3.63, 3.8) is 0 Å². The van der Waals surface area contributed by atoms with Crippen molar-refractivity contribution in [2.45, 2.75) is 11.5 Å². The molecule has 10 nitrogen and oxygen atoms in total. The molecule has 0 amide bonds. The zero-order chi connectivity index (χ0) is 27.7. The summed E-state index contributed by atoms with van der Waals surface area (Å²) in [6.07, 6.45) is 1.22. The number of sulfonamides is 1. The Labute approximate surface area is 224 Å². The largest absolute Gasteiger partial charge is 0.479 e. The van der Waals surface area contributed by atoms with Gasteiger partial charge >= 0.3 is 0 Å². The summed E-state index contributed by atoms with van der Waals surface area (Å²) >= 11 is 6.39. The predicted molar refractivity (Wildman–Crippen MR) is 137 cm³/mol. The van der Waals surface area contributed by atoms with E-state index in [0.717, 1.165) is 12.1 Å². The maximum absolute atomic E-state index is 13.5. The molecule has 200 valence electrons. The molecule has 3 aromatic heterocycles. The highest BCUT2D eigenvalue weighted by molar-refractivity contribution is 7.92. The van der Waals surface area contributed by atoms with Gasteiger partial charge in [-0.3, -0.25) is 14.1 Å². The van der Waals surface area contributed by atoms with E-state index in [-0.39, 0.29) is 39.8 Å². The van der Waals surface area contributed by atoms with Gasteiger partial charge in [-0.15, -0.1) is 0 Å². The van der Waals surface area contributed by atoms with Gasteiger partial charge in [-0.2, -0.15) is 4.98 Å². The summed E-state index contributed by atoms with van der Waals surface area (Å²) in [7, 11) is -2.67. The Balaban J connectivity index is 1.52. The highest BCUT2D eigenvalue weighted by atomic mass is 35.5. The molecule has 3 heterocycles. The minimum Gasteiger partial charge on any atom is -0.479 e. The maximum atomic E-state index is 13.5. The zero-order valence-electron chi connectivity index (χ0n) is 19.9. The van der Waals surface area contributed by atoms with Gasteiger partial charge in [0, 0.05) is 17.5 Å². The number of hydrogen-bond donors (Lipinski definition) is 1. The normalized spacial score (nSPS) is 11.5. The number of ether oxygens (including phenoxy) is 2. The van der Waals surface area contributed by atoms with Crippen molar-refractivity contribution in [2.24, 2.45) is 0 Å². The Hall–Kier alpha value is -4.49. The van der Waals surface area contributed by atoms with E-state index in [1.54, 1.807) is 0 Å². The smallest absolute Gasteiger partial charge is 0.263 e. The molecule has 39 heavy (non-hydrogen) atoms. The van der Waals surface area contributed by atoms with Crippen molar-refractivity contribution >= 4 is 38.3 Å². The van der Waals surface area contributed by atoms with Crippen LogP contribution in [0.2, 0.25) is 5.02 Å². The first-order valence-corrected chi connectivity index (χ1v) is 12.9. The molecular formula is C25H17ClF2N4O6S. The van der Waals surface area contributed by atoms with Crippen molar-refractivity contribution in [3.8, 4) is 17.4 Å². The number of nitrogens with one attached hydrogen (secondary N) is 1. The summed E-state index contributed by atoms with van der Waals surface area (Å²) in [6, 6.07) is 12.9. The lowest BCUT2D eigenvalue weighted by Crippen LogP contribution is -2.19. The molecule has 0 unspecified atom stereocenters. The Morgan fingerprint density at radius 3 is 2.56 bits per heavy atom. The SMILES string of the molecule is COc1nc(OCc2ccc(F)c(F)c2)c(Cl)cc1-n1c(=O)ccc2cc(S(=O)(=O)Nc3ccon3)ccc21. The van der Waals surface area contributed by atoms with Gasteiger partial charge in [0.05, 0.1) is 17.5 Å². The van der Waals surface area contributed by atoms with Crippen LogP contribution in [0.15, 0.2) is 81.1 Å². The number of anilines is 1. The second-order valence-corrected chi connectivity index (χ2v) is 10.1. The molecule has 0 aliphatic heterocycles.